The Balaban J connectivity index is 1.78. The zero-order valence-electron chi connectivity index (χ0n) is 11.0. The molecule has 0 saturated carbocycles. The molecule has 0 aliphatic carbocycles. The van der Waals surface area contributed by atoms with E-state index in [1.807, 2.05) is 0 Å². The highest BCUT2D eigenvalue weighted by Gasteiger charge is 2.29. The van der Waals surface area contributed by atoms with E-state index in [0.717, 1.165) is 12.1 Å². The number of amides is 1. The van der Waals surface area contributed by atoms with Crippen LogP contribution in [0.25, 0.3) is 11.1 Å². The van der Waals surface area contributed by atoms with Gasteiger partial charge in [0, 0.05) is 11.3 Å². The van der Waals surface area contributed by atoms with Crippen molar-refractivity contribution in [3.63, 3.8) is 0 Å². The summed E-state index contributed by atoms with van der Waals surface area (Å²) in [6, 6.07) is 8.93. The molecule has 22 heavy (non-hydrogen) atoms. The van der Waals surface area contributed by atoms with E-state index < -0.39 is 17.6 Å². The van der Waals surface area contributed by atoms with Crippen LogP contribution < -0.4 is 5.32 Å². The van der Waals surface area contributed by atoms with E-state index in [-0.39, 0.29) is 5.69 Å². The predicted molar refractivity (Wildman–Crippen MR) is 73.4 cm³/mol. The zero-order chi connectivity index (χ0) is 15.7. The number of carbonyl (C=O) groups is 1. The maximum Gasteiger partial charge on any atom is 0.416 e. The lowest BCUT2D eigenvalue weighted by Gasteiger charge is -2.08. The average Bonchev–Trinajstić information content (AvgIpc) is 2.94. The first kappa shape index (κ1) is 14.1. The average molecular weight is 306 g/mol. The van der Waals surface area contributed by atoms with E-state index in [0.29, 0.717) is 16.7 Å². The van der Waals surface area contributed by atoms with Crippen LogP contribution in [-0.2, 0) is 6.18 Å². The number of fused-ring (bicyclic) bond motifs is 1. The van der Waals surface area contributed by atoms with Crippen molar-refractivity contribution in [1.82, 2.24) is 4.98 Å². The molecule has 4 nitrogen and oxygen atoms in total. The van der Waals surface area contributed by atoms with Crippen LogP contribution in [0.15, 0.2) is 53.3 Å². The maximum absolute atomic E-state index is 12.5. The Kier molecular flexibility index (Phi) is 3.32. The number of hydrogen-bond acceptors (Lipinski definition) is 3. The number of nitrogens with one attached hydrogen (secondary N) is 1. The van der Waals surface area contributed by atoms with E-state index in [2.05, 4.69) is 10.3 Å². The molecule has 1 heterocycles. The van der Waals surface area contributed by atoms with Crippen molar-refractivity contribution < 1.29 is 22.4 Å². The number of oxazole rings is 1. The van der Waals surface area contributed by atoms with Gasteiger partial charge >= 0.3 is 6.18 Å². The summed E-state index contributed by atoms with van der Waals surface area (Å²) in [5.41, 5.74) is 0.902. The van der Waals surface area contributed by atoms with Gasteiger partial charge in [-0.15, -0.1) is 0 Å². The summed E-state index contributed by atoms with van der Waals surface area (Å²) in [5, 5.41) is 2.53. The topological polar surface area (TPSA) is 55.1 Å². The Morgan fingerprint density at radius 1 is 1.09 bits per heavy atom. The number of halogens is 3. The minimum absolute atomic E-state index is 0.274. The molecule has 112 valence electrons. The molecule has 0 atom stereocenters. The van der Waals surface area contributed by atoms with E-state index >= 15 is 0 Å². The SMILES string of the molecule is O=C(Nc1ccc(C(F)(F)F)cc1)c1ccc2ncoc2c1. The zero-order valence-corrected chi connectivity index (χ0v) is 11.0. The van der Waals surface area contributed by atoms with Gasteiger partial charge in [-0.25, -0.2) is 4.98 Å². The molecular weight excluding hydrogens is 297 g/mol. The number of rotatable bonds is 2. The monoisotopic (exact) mass is 306 g/mol. The molecule has 0 radical (unpaired) electrons. The van der Waals surface area contributed by atoms with Crippen LogP contribution in [0.5, 0.6) is 0 Å². The third-order valence-electron chi connectivity index (χ3n) is 3.06. The predicted octanol–water partition coefficient (Wildman–Crippen LogP) is 4.10. The normalized spacial score (nSPS) is 11.6. The van der Waals surface area contributed by atoms with Gasteiger partial charge in [-0.3, -0.25) is 4.79 Å². The maximum atomic E-state index is 12.5. The second-order valence-electron chi connectivity index (χ2n) is 4.56. The van der Waals surface area contributed by atoms with Gasteiger partial charge < -0.3 is 9.73 Å². The summed E-state index contributed by atoms with van der Waals surface area (Å²) in [6.07, 6.45) is -3.14. The fraction of sp³-hybridized carbons (Fsp3) is 0.0667. The molecule has 7 heteroatoms. The van der Waals surface area contributed by atoms with Crippen molar-refractivity contribution in [3.8, 4) is 0 Å². The van der Waals surface area contributed by atoms with Crippen LogP contribution >= 0.6 is 0 Å². The molecule has 3 aromatic rings. The Labute approximate surface area is 122 Å². The smallest absolute Gasteiger partial charge is 0.416 e. The van der Waals surface area contributed by atoms with Crippen molar-refractivity contribution in [2.75, 3.05) is 5.32 Å². The van der Waals surface area contributed by atoms with Crippen molar-refractivity contribution in [2.24, 2.45) is 0 Å². The number of hydrogen-bond donors (Lipinski definition) is 1. The van der Waals surface area contributed by atoms with Crippen molar-refractivity contribution in [3.05, 3.63) is 60.0 Å². The fourth-order valence-electron chi connectivity index (χ4n) is 1.94. The van der Waals surface area contributed by atoms with Gasteiger partial charge in [-0.05, 0) is 42.5 Å². The Morgan fingerprint density at radius 3 is 2.50 bits per heavy atom. The van der Waals surface area contributed by atoms with Crippen LogP contribution in [-0.4, -0.2) is 10.9 Å². The summed E-state index contributed by atoms with van der Waals surface area (Å²) < 4.78 is 42.5. The number of benzene rings is 2. The van der Waals surface area contributed by atoms with Gasteiger partial charge in [0.1, 0.15) is 5.52 Å². The van der Waals surface area contributed by atoms with E-state index in [4.69, 9.17) is 4.42 Å². The number of nitrogens with zero attached hydrogens (tertiary/aromatic N) is 1. The van der Waals surface area contributed by atoms with E-state index in [1.165, 1.54) is 24.6 Å². The van der Waals surface area contributed by atoms with Crippen LogP contribution in [0.1, 0.15) is 15.9 Å². The molecular formula is C15H9F3N2O2. The van der Waals surface area contributed by atoms with Crippen LogP contribution in [0.4, 0.5) is 18.9 Å². The largest absolute Gasteiger partial charge is 0.443 e. The van der Waals surface area contributed by atoms with Gasteiger partial charge in [0.2, 0.25) is 0 Å². The van der Waals surface area contributed by atoms with Crippen LogP contribution in [0.2, 0.25) is 0 Å². The van der Waals surface area contributed by atoms with Gasteiger partial charge in [-0.2, -0.15) is 13.2 Å². The molecule has 0 saturated heterocycles. The van der Waals surface area contributed by atoms with Crippen LogP contribution in [0, 0.1) is 0 Å². The summed E-state index contributed by atoms with van der Waals surface area (Å²) >= 11 is 0. The highest BCUT2D eigenvalue weighted by atomic mass is 19.4. The fourth-order valence-corrected chi connectivity index (χ4v) is 1.94. The lowest BCUT2D eigenvalue weighted by Crippen LogP contribution is -2.12. The molecule has 1 aromatic heterocycles. The standard InChI is InChI=1S/C15H9F3N2O2/c16-15(17,18)10-2-4-11(5-3-10)20-14(21)9-1-6-12-13(7-9)22-8-19-12/h1-8H,(H,20,21). The molecule has 0 bridgehead atoms. The summed E-state index contributed by atoms with van der Waals surface area (Å²) in [5.74, 6) is -0.446. The summed E-state index contributed by atoms with van der Waals surface area (Å²) in [6.45, 7) is 0. The lowest BCUT2D eigenvalue weighted by atomic mass is 10.1. The van der Waals surface area contributed by atoms with Gasteiger partial charge in [0.15, 0.2) is 12.0 Å². The number of aromatic nitrogens is 1. The van der Waals surface area contributed by atoms with Crippen molar-refractivity contribution in [1.29, 1.82) is 0 Å². The molecule has 1 amide bonds. The third-order valence-corrected chi connectivity index (χ3v) is 3.06. The number of alkyl halides is 3. The molecule has 2 aromatic carbocycles. The summed E-state index contributed by atoms with van der Waals surface area (Å²) in [7, 11) is 0. The number of carbonyl (C=O) groups excluding carboxylic acids is 1. The van der Waals surface area contributed by atoms with Gasteiger partial charge in [0.05, 0.1) is 5.56 Å². The molecule has 1 N–H and O–H groups in total. The van der Waals surface area contributed by atoms with E-state index in [9.17, 15) is 18.0 Å². The molecule has 0 unspecified atom stereocenters. The first-order chi connectivity index (χ1) is 10.4. The second-order valence-corrected chi connectivity index (χ2v) is 4.56. The highest BCUT2D eigenvalue weighted by molar-refractivity contribution is 6.05. The minimum Gasteiger partial charge on any atom is -0.443 e. The van der Waals surface area contributed by atoms with Crippen molar-refractivity contribution >= 4 is 22.7 Å². The Hall–Kier alpha value is -2.83. The quantitative estimate of drug-likeness (QED) is 0.775. The lowest BCUT2D eigenvalue weighted by molar-refractivity contribution is -0.137. The van der Waals surface area contributed by atoms with Gasteiger partial charge in [0.25, 0.3) is 5.91 Å². The van der Waals surface area contributed by atoms with Crippen LogP contribution in [0.3, 0.4) is 0 Å². The van der Waals surface area contributed by atoms with Gasteiger partial charge in [-0.1, -0.05) is 0 Å². The molecule has 0 spiro atoms. The minimum atomic E-state index is -4.40. The van der Waals surface area contributed by atoms with E-state index in [1.54, 1.807) is 12.1 Å². The first-order valence-electron chi connectivity index (χ1n) is 6.25. The molecule has 0 fully saturated rings. The number of anilines is 1. The summed E-state index contributed by atoms with van der Waals surface area (Å²) in [4.78, 5) is 16.0. The molecule has 0 aliphatic heterocycles. The highest BCUT2D eigenvalue weighted by Crippen LogP contribution is 2.29. The van der Waals surface area contributed by atoms with Crippen molar-refractivity contribution in [2.45, 2.75) is 6.18 Å². The molecule has 3 rings (SSSR count). The Morgan fingerprint density at radius 2 is 1.82 bits per heavy atom. The Bertz CT molecular complexity index is 823. The first-order valence-corrected chi connectivity index (χ1v) is 6.25. The molecule has 0 aliphatic rings. The third kappa shape index (κ3) is 2.78. The second kappa shape index (κ2) is 5.18.